The molecule has 3 N–H and O–H groups in total. The molecule has 1 rings (SSSR count). The lowest BCUT2D eigenvalue weighted by Gasteiger charge is -2.32. The zero-order valence-corrected chi connectivity index (χ0v) is 9.83. The number of nitrogens with two attached hydrogens (primary N) is 1. The summed E-state index contributed by atoms with van der Waals surface area (Å²) in [7, 11) is 1.82. The fourth-order valence-electron chi connectivity index (χ4n) is 2.09. The van der Waals surface area contributed by atoms with Crippen LogP contribution in [0.4, 0.5) is 4.79 Å². The molecule has 0 bridgehead atoms. The van der Waals surface area contributed by atoms with Gasteiger partial charge in [-0.05, 0) is 32.2 Å². The van der Waals surface area contributed by atoms with E-state index in [-0.39, 0.29) is 12.1 Å². The van der Waals surface area contributed by atoms with Gasteiger partial charge in [0.2, 0.25) is 0 Å². The first-order valence-corrected chi connectivity index (χ1v) is 5.90. The second-order valence-electron chi connectivity index (χ2n) is 4.35. The van der Waals surface area contributed by atoms with Gasteiger partial charge in [-0.2, -0.15) is 0 Å². The van der Waals surface area contributed by atoms with Gasteiger partial charge in [0.1, 0.15) is 0 Å². The Kier molecular flexibility index (Phi) is 4.88. The lowest BCUT2D eigenvalue weighted by Crippen LogP contribution is -2.48. The van der Waals surface area contributed by atoms with E-state index in [9.17, 15) is 4.79 Å². The number of hydrogen-bond donors (Lipinski definition) is 2. The monoisotopic (exact) mass is 213 g/mol. The maximum absolute atomic E-state index is 11.7. The molecule has 2 unspecified atom stereocenters. The van der Waals surface area contributed by atoms with Gasteiger partial charge in [0.05, 0.1) is 0 Å². The Morgan fingerprint density at radius 2 is 2.13 bits per heavy atom. The fourth-order valence-corrected chi connectivity index (χ4v) is 2.09. The van der Waals surface area contributed by atoms with E-state index in [1.165, 1.54) is 12.8 Å². The van der Waals surface area contributed by atoms with Crippen molar-refractivity contribution in [1.82, 2.24) is 10.2 Å². The van der Waals surface area contributed by atoms with Crippen LogP contribution in [-0.4, -0.2) is 37.1 Å². The third-order valence-electron chi connectivity index (χ3n) is 3.34. The molecule has 0 aromatic rings. The van der Waals surface area contributed by atoms with Crippen LogP contribution in [0.25, 0.3) is 0 Å². The number of urea groups is 1. The molecular weight excluding hydrogens is 190 g/mol. The van der Waals surface area contributed by atoms with Crippen molar-refractivity contribution < 1.29 is 4.79 Å². The molecule has 0 heterocycles. The van der Waals surface area contributed by atoms with Gasteiger partial charge in [0.25, 0.3) is 0 Å². The first-order valence-electron chi connectivity index (χ1n) is 5.90. The summed E-state index contributed by atoms with van der Waals surface area (Å²) in [5, 5.41) is 3.08. The summed E-state index contributed by atoms with van der Waals surface area (Å²) in [4.78, 5) is 13.4. The summed E-state index contributed by atoms with van der Waals surface area (Å²) in [5.74, 6) is 0.466. The van der Waals surface area contributed by atoms with E-state index in [2.05, 4.69) is 5.32 Å². The minimum atomic E-state index is 0.0304. The quantitative estimate of drug-likeness (QED) is 0.739. The lowest BCUT2D eigenvalue weighted by molar-refractivity contribution is 0.192. The van der Waals surface area contributed by atoms with Gasteiger partial charge in [0, 0.05) is 19.6 Å². The highest BCUT2D eigenvalue weighted by Crippen LogP contribution is 2.23. The molecular formula is C11H23N3O. The zero-order chi connectivity index (χ0) is 11.3. The molecule has 0 aromatic carbocycles. The van der Waals surface area contributed by atoms with E-state index < -0.39 is 0 Å². The number of amides is 2. The van der Waals surface area contributed by atoms with Crippen LogP contribution in [0.1, 0.15) is 32.6 Å². The summed E-state index contributed by atoms with van der Waals surface area (Å²) < 4.78 is 0. The first-order chi connectivity index (χ1) is 7.19. The Balaban J connectivity index is 2.44. The van der Waals surface area contributed by atoms with Gasteiger partial charge < -0.3 is 16.0 Å². The van der Waals surface area contributed by atoms with Gasteiger partial charge >= 0.3 is 6.03 Å². The number of nitrogens with one attached hydrogen (secondary N) is 1. The Morgan fingerprint density at radius 3 is 2.73 bits per heavy atom. The molecule has 0 aromatic heterocycles. The van der Waals surface area contributed by atoms with Crippen molar-refractivity contribution in [3.8, 4) is 0 Å². The minimum Gasteiger partial charge on any atom is -0.335 e. The minimum absolute atomic E-state index is 0.0304. The second-order valence-corrected chi connectivity index (χ2v) is 4.35. The average Bonchev–Trinajstić information content (AvgIpc) is 2.28. The number of rotatable bonds is 3. The molecule has 0 radical (unpaired) electrons. The summed E-state index contributed by atoms with van der Waals surface area (Å²) in [6.45, 7) is 3.40. The van der Waals surface area contributed by atoms with Crippen LogP contribution in [0.2, 0.25) is 0 Å². The van der Waals surface area contributed by atoms with E-state index in [0.717, 1.165) is 19.4 Å². The van der Waals surface area contributed by atoms with Crippen molar-refractivity contribution in [3.05, 3.63) is 0 Å². The topological polar surface area (TPSA) is 58.4 Å². The highest BCUT2D eigenvalue weighted by atomic mass is 16.2. The SMILES string of the molecule is CCN(C)C(=O)NC1CCCCC1CN. The maximum atomic E-state index is 11.7. The van der Waals surface area contributed by atoms with Crippen molar-refractivity contribution >= 4 is 6.03 Å². The van der Waals surface area contributed by atoms with E-state index in [1.54, 1.807) is 4.90 Å². The summed E-state index contributed by atoms with van der Waals surface area (Å²) in [5.41, 5.74) is 5.71. The van der Waals surface area contributed by atoms with Gasteiger partial charge in [-0.15, -0.1) is 0 Å². The molecule has 2 atom stereocenters. The van der Waals surface area contributed by atoms with Crippen LogP contribution in [0.5, 0.6) is 0 Å². The lowest BCUT2D eigenvalue weighted by atomic mass is 9.84. The summed E-state index contributed by atoms with van der Waals surface area (Å²) >= 11 is 0. The predicted octanol–water partition coefficient (Wildman–Crippen LogP) is 1.17. The Labute approximate surface area is 92.2 Å². The van der Waals surface area contributed by atoms with E-state index in [0.29, 0.717) is 12.5 Å². The predicted molar refractivity (Wildman–Crippen MR) is 61.6 cm³/mol. The summed E-state index contributed by atoms with van der Waals surface area (Å²) in [6.07, 6.45) is 4.68. The standard InChI is InChI=1S/C11H23N3O/c1-3-14(2)11(15)13-10-7-5-4-6-9(10)8-12/h9-10H,3-8,12H2,1-2H3,(H,13,15). The van der Waals surface area contributed by atoms with Crippen LogP contribution >= 0.6 is 0 Å². The molecule has 1 aliphatic rings. The third-order valence-corrected chi connectivity index (χ3v) is 3.34. The molecule has 4 heteroatoms. The van der Waals surface area contributed by atoms with Crippen molar-refractivity contribution in [2.45, 2.75) is 38.6 Å². The third kappa shape index (κ3) is 3.38. The molecule has 0 saturated heterocycles. The Bertz CT molecular complexity index is 208. The normalized spacial score (nSPS) is 26.1. The molecule has 2 amide bonds. The number of hydrogen-bond acceptors (Lipinski definition) is 2. The summed E-state index contributed by atoms with van der Waals surface area (Å²) in [6, 6.07) is 0.313. The van der Waals surface area contributed by atoms with Crippen LogP contribution in [0, 0.1) is 5.92 Å². The highest BCUT2D eigenvalue weighted by Gasteiger charge is 2.25. The van der Waals surface area contributed by atoms with Crippen molar-refractivity contribution in [1.29, 1.82) is 0 Å². The van der Waals surface area contributed by atoms with Crippen molar-refractivity contribution in [2.75, 3.05) is 20.1 Å². The zero-order valence-electron chi connectivity index (χ0n) is 9.83. The first kappa shape index (κ1) is 12.3. The number of carbonyl (C=O) groups excluding carboxylic acids is 1. The highest BCUT2D eigenvalue weighted by molar-refractivity contribution is 5.74. The average molecular weight is 213 g/mol. The smallest absolute Gasteiger partial charge is 0.317 e. The van der Waals surface area contributed by atoms with Crippen molar-refractivity contribution in [3.63, 3.8) is 0 Å². The molecule has 0 spiro atoms. The van der Waals surface area contributed by atoms with Crippen LogP contribution in [-0.2, 0) is 0 Å². The van der Waals surface area contributed by atoms with Crippen LogP contribution in [0.15, 0.2) is 0 Å². The molecule has 1 fully saturated rings. The molecule has 15 heavy (non-hydrogen) atoms. The van der Waals surface area contributed by atoms with Gasteiger partial charge in [0.15, 0.2) is 0 Å². The van der Waals surface area contributed by atoms with E-state index in [1.807, 2.05) is 14.0 Å². The fraction of sp³-hybridized carbons (Fsp3) is 0.909. The Morgan fingerprint density at radius 1 is 1.47 bits per heavy atom. The van der Waals surface area contributed by atoms with Gasteiger partial charge in [-0.1, -0.05) is 12.8 Å². The van der Waals surface area contributed by atoms with Crippen LogP contribution in [0.3, 0.4) is 0 Å². The maximum Gasteiger partial charge on any atom is 0.317 e. The van der Waals surface area contributed by atoms with E-state index in [4.69, 9.17) is 5.73 Å². The molecule has 1 aliphatic carbocycles. The number of nitrogens with zero attached hydrogens (tertiary/aromatic N) is 1. The second kappa shape index (κ2) is 5.95. The van der Waals surface area contributed by atoms with Crippen LogP contribution < -0.4 is 11.1 Å². The van der Waals surface area contributed by atoms with E-state index >= 15 is 0 Å². The Hall–Kier alpha value is -0.770. The van der Waals surface area contributed by atoms with Crippen molar-refractivity contribution in [2.24, 2.45) is 11.7 Å². The molecule has 0 aliphatic heterocycles. The molecule has 88 valence electrons. The van der Waals surface area contributed by atoms with Gasteiger partial charge in [-0.25, -0.2) is 4.79 Å². The largest absolute Gasteiger partial charge is 0.335 e. The molecule has 4 nitrogen and oxygen atoms in total. The number of carbonyl (C=O) groups is 1. The molecule has 1 saturated carbocycles. The van der Waals surface area contributed by atoms with Gasteiger partial charge in [-0.3, -0.25) is 0 Å².